The fourth-order valence-electron chi connectivity index (χ4n) is 1.85. The second-order valence-electron chi connectivity index (χ2n) is 4.15. The molecule has 0 aliphatic rings. The number of hydrogen-bond acceptors (Lipinski definition) is 4. The van der Waals surface area contributed by atoms with Crippen molar-refractivity contribution in [1.29, 1.82) is 0 Å². The summed E-state index contributed by atoms with van der Waals surface area (Å²) in [5.41, 5.74) is 0.589. The zero-order chi connectivity index (χ0) is 14.5. The van der Waals surface area contributed by atoms with E-state index in [1.165, 1.54) is 16.9 Å². The van der Waals surface area contributed by atoms with Crippen molar-refractivity contribution in [3.63, 3.8) is 0 Å². The number of carbonyl (C=O) groups is 1. The topological polar surface area (TPSA) is 81.4 Å². The van der Waals surface area contributed by atoms with Gasteiger partial charge >= 0.3 is 5.97 Å². The maximum atomic E-state index is 11.4. The molecule has 1 heterocycles. The van der Waals surface area contributed by atoms with Crippen LogP contribution in [0, 0.1) is 0 Å². The fourth-order valence-corrected chi connectivity index (χ4v) is 1.85. The molecule has 6 nitrogen and oxygen atoms in total. The number of para-hydroxylation sites is 1. The largest absolute Gasteiger partial charge is 0.476 e. The van der Waals surface area contributed by atoms with Crippen LogP contribution in [0.2, 0.25) is 0 Å². The molecule has 1 aromatic heterocycles. The van der Waals surface area contributed by atoms with E-state index >= 15 is 0 Å². The van der Waals surface area contributed by atoms with Gasteiger partial charge in [0.2, 0.25) is 11.1 Å². The van der Waals surface area contributed by atoms with E-state index < -0.39 is 17.1 Å². The van der Waals surface area contributed by atoms with Gasteiger partial charge in [-0.05, 0) is 18.1 Å². The number of ether oxygens (including phenoxy) is 1. The SMILES string of the molecule is COCCc1ccccc1-n1ccc(=O)c(C(=O)O)n1. The van der Waals surface area contributed by atoms with Crippen LogP contribution in [-0.2, 0) is 11.2 Å². The lowest BCUT2D eigenvalue weighted by Gasteiger charge is -2.11. The lowest BCUT2D eigenvalue weighted by Crippen LogP contribution is -2.20. The van der Waals surface area contributed by atoms with Crippen LogP contribution < -0.4 is 5.43 Å². The summed E-state index contributed by atoms with van der Waals surface area (Å²) in [6.07, 6.45) is 2.13. The monoisotopic (exact) mass is 274 g/mol. The van der Waals surface area contributed by atoms with Gasteiger partial charge in [-0.2, -0.15) is 5.10 Å². The average Bonchev–Trinajstić information content (AvgIpc) is 2.46. The van der Waals surface area contributed by atoms with E-state index in [9.17, 15) is 9.59 Å². The average molecular weight is 274 g/mol. The summed E-state index contributed by atoms with van der Waals surface area (Å²) in [5, 5.41) is 12.8. The quantitative estimate of drug-likeness (QED) is 0.883. The Labute approximate surface area is 115 Å². The second-order valence-corrected chi connectivity index (χ2v) is 4.15. The molecule has 0 saturated heterocycles. The van der Waals surface area contributed by atoms with Gasteiger partial charge in [0.1, 0.15) is 0 Å². The Morgan fingerprint density at radius 1 is 1.35 bits per heavy atom. The van der Waals surface area contributed by atoms with Crippen molar-refractivity contribution in [3.05, 3.63) is 58.0 Å². The summed E-state index contributed by atoms with van der Waals surface area (Å²) in [6, 6.07) is 8.63. The summed E-state index contributed by atoms with van der Waals surface area (Å²) >= 11 is 0. The standard InChI is InChI=1S/C14H14N2O4/c1-20-9-7-10-4-2-3-5-11(10)16-8-6-12(17)13(15-16)14(18)19/h2-6,8H,7,9H2,1H3,(H,18,19). The molecule has 0 radical (unpaired) electrons. The molecule has 0 bridgehead atoms. The van der Waals surface area contributed by atoms with Gasteiger partial charge in [0.25, 0.3) is 0 Å². The highest BCUT2D eigenvalue weighted by Crippen LogP contribution is 2.13. The molecule has 0 fully saturated rings. The third-order valence-corrected chi connectivity index (χ3v) is 2.82. The molecule has 0 unspecified atom stereocenters. The lowest BCUT2D eigenvalue weighted by atomic mass is 10.1. The van der Waals surface area contributed by atoms with E-state index in [0.29, 0.717) is 13.0 Å². The number of rotatable bonds is 5. The Morgan fingerprint density at radius 2 is 2.10 bits per heavy atom. The van der Waals surface area contributed by atoms with Crippen molar-refractivity contribution in [1.82, 2.24) is 9.78 Å². The smallest absolute Gasteiger partial charge is 0.360 e. The number of aromatic carboxylic acids is 1. The number of carboxylic acids is 1. The molecular weight excluding hydrogens is 260 g/mol. The molecule has 0 aliphatic heterocycles. The number of carboxylic acid groups (broad SMARTS) is 1. The first-order valence-electron chi connectivity index (χ1n) is 6.04. The number of hydrogen-bond donors (Lipinski definition) is 1. The molecule has 0 aliphatic carbocycles. The van der Waals surface area contributed by atoms with Gasteiger partial charge in [0, 0.05) is 19.4 Å². The highest BCUT2D eigenvalue weighted by Gasteiger charge is 2.12. The van der Waals surface area contributed by atoms with E-state index in [2.05, 4.69) is 5.10 Å². The number of benzene rings is 1. The van der Waals surface area contributed by atoms with Crippen LogP contribution in [0.25, 0.3) is 5.69 Å². The highest BCUT2D eigenvalue weighted by molar-refractivity contribution is 5.84. The van der Waals surface area contributed by atoms with Crippen molar-refractivity contribution in [2.75, 3.05) is 13.7 Å². The molecule has 1 aromatic carbocycles. The van der Waals surface area contributed by atoms with E-state index in [4.69, 9.17) is 9.84 Å². The molecule has 6 heteroatoms. The minimum absolute atomic E-state index is 0.492. The van der Waals surface area contributed by atoms with Gasteiger partial charge in [0.15, 0.2) is 0 Å². The second kappa shape index (κ2) is 6.12. The van der Waals surface area contributed by atoms with Crippen LogP contribution in [0.5, 0.6) is 0 Å². The van der Waals surface area contributed by atoms with Gasteiger partial charge in [-0.25, -0.2) is 9.48 Å². The third kappa shape index (κ3) is 2.92. The Bertz CT molecular complexity index is 679. The van der Waals surface area contributed by atoms with Gasteiger partial charge in [0.05, 0.1) is 12.3 Å². The minimum atomic E-state index is -1.33. The fraction of sp³-hybridized carbons (Fsp3) is 0.214. The van der Waals surface area contributed by atoms with Gasteiger partial charge < -0.3 is 9.84 Å². The van der Waals surface area contributed by atoms with Crippen LogP contribution in [0.3, 0.4) is 0 Å². The number of methoxy groups -OCH3 is 1. The summed E-state index contributed by atoms with van der Waals surface area (Å²) in [4.78, 5) is 22.4. The molecule has 0 atom stereocenters. The predicted octanol–water partition coefficient (Wildman–Crippen LogP) is 1.12. The van der Waals surface area contributed by atoms with Crippen molar-refractivity contribution in [3.8, 4) is 5.69 Å². The maximum absolute atomic E-state index is 11.4. The number of aromatic nitrogens is 2. The van der Waals surface area contributed by atoms with Crippen molar-refractivity contribution < 1.29 is 14.6 Å². The van der Waals surface area contributed by atoms with Crippen molar-refractivity contribution in [2.24, 2.45) is 0 Å². The summed E-state index contributed by atoms with van der Waals surface area (Å²) in [7, 11) is 1.61. The first kappa shape index (κ1) is 14.0. The van der Waals surface area contributed by atoms with E-state index in [0.717, 1.165) is 11.3 Å². The van der Waals surface area contributed by atoms with Crippen LogP contribution in [-0.4, -0.2) is 34.6 Å². The maximum Gasteiger partial charge on any atom is 0.360 e. The zero-order valence-electron chi connectivity index (χ0n) is 10.9. The van der Waals surface area contributed by atoms with Crippen LogP contribution in [0.4, 0.5) is 0 Å². The third-order valence-electron chi connectivity index (χ3n) is 2.82. The van der Waals surface area contributed by atoms with Crippen LogP contribution in [0.1, 0.15) is 16.1 Å². The lowest BCUT2D eigenvalue weighted by molar-refractivity contribution is 0.0687. The summed E-state index contributed by atoms with van der Waals surface area (Å²) in [5.74, 6) is -1.33. The Kier molecular flexibility index (Phi) is 4.27. The number of nitrogens with zero attached hydrogens (tertiary/aromatic N) is 2. The predicted molar refractivity (Wildman–Crippen MR) is 72.4 cm³/mol. The molecular formula is C14H14N2O4. The Hall–Kier alpha value is -2.47. The summed E-state index contributed by atoms with van der Waals surface area (Å²) in [6.45, 7) is 0.545. The van der Waals surface area contributed by atoms with Crippen LogP contribution in [0.15, 0.2) is 41.3 Å². The van der Waals surface area contributed by atoms with E-state index in [-0.39, 0.29) is 0 Å². The van der Waals surface area contributed by atoms with Crippen molar-refractivity contribution >= 4 is 5.97 Å². The summed E-state index contributed by atoms with van der Waals surface area (Å²) < 4.78 is 6.44. The molecule has 0 spiro atoms. The first-order chi connectivity index (χ1) is 9.63. The van der Waals surface area contributed by atoms with Crippen molar-refractivity contribution in [2.45, 2.75) is 6.42 Å². The Morgan fingerprint density at radius 3 is 2.80 bits per heavy atom. The normalized spacial score (nSPS) is 10.4. The Balaban J connectivity index is 2.49. The van der Waals surface area contributed by atoms with Gasteiger partial charge in [-0.15, -0.1) is 0 Å². The van der Waals surface area contributed by atoms with Gasteiger partial charge in [-0.3, -0.25) is 4.79 Å². The van der Waals surface area contributed by atoms with E-state index in [1.54, 1.807) is 7.11 Å². The molecule has 104 valence electrons. The zero-order valence-corrected chi connectivity index (χ0v) is 10.9. The molecule has 2 aromatic rings. The molecule has 20 heavy (non-hydrogen) atoms. The van der Waals surface area contributed by atoms with Gasteiger partial charge in [-0.1, -0.05) is 18.2 Å². The first-order valence-corrected chi connectivity index (χ1v) is 6.04. The van der Waals surface area contributed by atoms with E-state index in [1.807, 2.05) is 24.3 Å². The molecule has 0 saturated carbocycles. The molecule has 1 N–H and O–H groups in total. The molecule has 2 rings (SSSR count). The minimum Gasteiger partial charge on any atom is -0.476 e. The molecule has 0 amide bonds. The highest BCUT2D eigenvalue weighted by atomic mass is 16.5. The van der Waals surface area contributed by atoms with Crippen LogP contribution >= 0.6 is 0 Å².